The molecule has 1 fully saturated rings. The molecular weight excluding hydrogens is 478 g/mol. The molecule has 0 spiro atoms. The third kappa shape index (κ3) is 3.17. The van der Waals surface area contributed by atoms with Crippen molar-refractivity contribution < 1.29 is 27.9 Å². The molecule has 0 bridgehead atoms. The number of esters is 1. The fraction of sp³-hybridized carbons (Fsp3) is 0.286. The average molecular weight is 506 g/mol. The number of fused-ring (bicyclic) bond motifs is 2. The van der Waals surface area contributed by atoms with Gasteiger partial charge in [0.2, 0.25) is 0 Å². The van der Waals surface area contributed by atoms with Crippen LogP contribution in [0.4, 0.5) is 5.69 Å². The Morgan fingerprint density at radius 3 is 2.28 bits per heavy atom. The van der Waals surface area contributed by atoms with E-state index in [0.29, 0.717) is 0 Å². The molecule has 3 aromatic carbocycles. The number of nitrogens with zero attached hydrogens (tertiary/aromatic N) is 1. The molecule has 3 atom stereocenters. The smallest absolute Gasteiger partial charge is 0.334 e. The molecule has 0 amide bonds. The van der Waals surface area contributed by atoms with Crippen molar-refractivity contribution in [1.82, 2.24) is 0 Å². The van der Waals surface area contributed by atoms with E-state index in [0.717, 1.165) is 15.4 Å². The zero-order valence-electron chi connectivity index (χ0n) is 20.3. The van der Waals surface area contributed by atoms with Crippen molar-refractivity contribution in [2.75, 3.05) is 10.9 Å². The number of aliphatic hydroxyl groups excluding tert-OH is 1. The summed E-state index contributed by atoms with van der Waals surface area (Å²) < 4.78 is 34.9. The molecule has 2 aliphatic rings. The maximum atomic E-state index is 14.2. The zero-order valence-corrected chi connectivity index (χ0v) is 21.1. The van der Waals surface area contributed by atoms with Gasteiger partial charge in [-0.05, 0) is 39.0 Å². The molecule has 0 unspecified atom stereocenters. The molecule has 1 aliphatic heterocycles. The van der Waals surface area contributed by atoms with Crippen molar-refractivity contribution in [3.63, 3.8) is 0 Å². The van der Waals surface area contributed by atoms with Crippen LogP contribution in [0.15, 0.2) is 77.7 Å². The summed E-state index contributed by atoms with van der Waals surface area (Å²) in [5, 5.41) is 11.7. The second-order valence-electron chi connectivity index (χ2n) is 9.47. The molecule has 3 aromatic rings. The van der Waals surface area contributed by atoms with Crippen LogP contribution in [0.1, 0.15) is 46.5 Å². The monoisotopic (exact) mass is 505 g/mol. The van der Waals surface area contributed by atoms with Crippen molar-refractivity contribution in [3.8, 4) is 0 Å². The van der Waals surface area contributed by atoms with Gasteiger partial charge in [0.1, 0.15) is 5.41 Å². The molecule has 36 heavy (non-hydrogen) atoms. The van der Waals surface area contributed by atoms with Gasteiger partial charge in [0, 0.05) is 17.5 Å². The molecule has 7 nitrogen and oxygen atoms in total. The highest BCUT2D eigenvalue weighted by Crippen LogP contribution is 2.73. The van der Waals surface area contributed by atoms with E-state index in [-0.39, 0.29) is 34.7 Å². The lowest BCUT2D eigenvalue weighted by molar-refractivity contribution is -0.147. The van der Waals surface area contributed by atoms with Gasteiger partial charge in [0.15, 0.2) is 11.3 Å². The average Bonchev–Trinajstić information content (AvgIpc) is 3.57. The standard InChI is InChI=1S/C28H27NO6S/c1-4-35-26(32)28-17-27(28,24(30)20-8-6-5-7-9-20)25(31)22-16-19(3)12-15-23(22)29(28)36(33,34)21-13-10-18(2)11-14-21/h5-16,25,31H,4,17H2,1-3H3/t25-,27-,28-/m1/s1. The van der Waals surface area contributed by atoms with E-state index in [2.05, 4.69) is 0 Å². The van der Waals surface area contributed by atoms with E-state index >= 15 is 0 Å². The molecule has 0 aromatic heterocycles. The van der Waals surface area contributed by atoms with E-state index in [4.69, 9.17) is 4.74 Å². The number of carbonyl (C=O) groups excluding carboxylic acids is 2. The molecule has 1 N–H and O–H groups in total. The lowest BCUT2D eigenvalue weighted by Gasteiger charge is -2.42. The summed E-state index contributed by atoms with van der Waals surface area (Å²) >= 11 is 0. The predicted molar refractivity (Wildman–Crippen MR) is 134 cm³/mol. The number of Topliss-reactive ketones (excluding diaryl/α,β-unsaturated/α-hetero) is 1. The van der Waals surface area contributed by atoms with Gasteiger partial charge in [-0.2, -0.15) is 0 Å². The lowest BCUT2D eigenvalue weighted by Crippen LogP contribution is -2.57. The van der Waals surface area contributed by atoms with Gasteiger partial charge >= 0.3 is 5.97 Å². The van der Waals surface area contributed by atoms with Crippen molar-refractivity contribution in [3.05, 3.63) is 95.1 Å². The molecule has 0 saturated heterocycles. The summed E-state index contributed by atoms with van der Waals surface area (Å²) in [5.41, 5.74) is -1.28. The highest BCUT2D eigenvalue weighted by Gasteiger charge is 2.86. The quantitative estimate of drug-likeness (QED) is 0.400. The number of aliphatic hydroxyl groups is 1. The number of anilines is 1. The normalized spacial score (nSPS) is 24.4. The van der Waals surface area contributed by atoms with Crippen molar-refractivity contribution in [2.45, 2.75) is 43.7 Å². The first-order valence-electron chi connectivity index (χ1n) is 11.8. The Hall–Kier alpha value is -3.49. The van der Waals surface area contributed by atoms with Crippen molar-refractivity contribution in [2.24, 2.45) is 5.41 Å². The van der Waals surface area contributed by atoms with Gasteiger partial charge in [0.25, 0.3) is 10.0 Å². The molecule has 1 heterocycles. The minimum absolute atomic E-state index is 0.00847. The van der Waals surface area contributed by atoms with Crippen molar-refractivity contribution in [1.29, 1.82) is 0 Å². The summed E-state index contributed by atoms with van der Waals surface area (Å²) in [7, 11) is -4.34. The van der Waals surface area contributed by atoms with E-state index in [1.807, 2.05) is 13.8 Å². The van der Waals surface area contributed by atoms with Crippen LogP contribution in [0.3, 0.4) is 0 Å². The van der Waals surface area contributed by atoms with Gasteiger partial charge in [-0.1, -0.05) is 65.7 Å². The Morgan fingerprint density at radius 1 is 1.00 bits per heavy atom. The second kappa shape index (κ2) is 8.28. The summed E-state index contributed by atoms with van der Waals surface area (Å²) in [6, 6.07) is 19.6. The molecule has 8 heteroatoms. The van der Waals surface area contributed by atoms with Gasteiger partial charge in [-0.15, -0.1) is 0 Å². The van der Waals surface area contributed by atoms with Crippen LogP contribution < -0.4 is 4.31 Å². The van der Waals surface area contributed by atoms with Crippen LogP contribution in [0, 0.1) is 19.3 Å². The van der Waals surface area contributed by atoms with E-state index < -0.39 is 38.8 Å². The molecule has 1 saturated carbocycles. The number of sulfonamides is 1. The minimum Gasteiger partial charge on any atom is -0.464 e. The minimum atomic E-state index is -4.34. The number of ether oxygens (including phenoxy) is 1. The Bertz CT molecular complexity index is 1470. The maximum Gasteiger partial charge on any atom is 0.334 e. The number of carbonyl (C=O) groups is 2. The Labute approximate surface area is 210 Å². The van der Waals surface area contributed by atoms with E-state index in [9.17, 15) is 23.1 Å². The molecule has 186 valence electrons. The van der Waals surface area contributed by atoms with Crippen LogP contribution in [0.2, 0.25) is 0 Å². The topological polar surface area (TPSA) is 101 Å². The SMILES string of the molecule is CCOC(=O)[C@]12C[C@@]1(C(=O)c1ccccc1)[C@H](O)c1cc(C)ccc1N2S(=O)(=O)c1ccc(C)cc1. The summed E-state index contributed by atoms with van der Waals surface area (Å²) in [4.78, 5) is 27.7. The largest absolute Gasteiger partial charge is 0.464 e. The summed E-state index contributed by atoms with van der Waals surface area (Å²) in [5.74, 6) is -1.35. The van der Waals surface area contributed by atoms with Crippen LogP contribution in [-0.4, -0.2) is 37.4 Å². The van der Waals surface area contributed by atoms with Crippen molar-refractivity contribution >= 4 is 27.5 Å². The Balaban J connectivity index is 1.82. The van der Waals surface area contributed by atoms with Gasteiger partial charge < -0.3 is 9.84 Å². The highest BCUT2D eigenvalue weighted by atomic mass is 32.2. The third-order valence-electron chi connectivity index (χ3n) is 7.27. The summed E-state index contributed by atoms with van der Waals surface area (Å²) in [6.45, 7) is 5.27. The number of rotatable bonds is 6. The number of ketones is 1. The van der Waals surface area contributed by atoms with E-state index in [1.165, 1.54) is 12.1 Å². The predicted octanol–water partition coefficient (Wildman–Crippen LogP) is 4.12. The Morgan fingerprint density at radius 2 is 1.64 bits per heavy atom. The molecule has 1 aliphatic carbocycles. The summed E-state index contributed by atoms with van der Waals surface area (Å²) in [6.07, 6.45) is -1.61. The maximum absolute atomic E-state index is 14.2. The van der Waals surface area contributed by atoms with Crippen LogP contribution in [-0.2, 0) is 19.6 Å². The fourth-order valence-electron chi connectivity index (χ4n) is 5.46. The molecular formula is C28H27NO6S. The first-order valence-corrected chi connectivity index (χ1v) is 13.2. The second-order valence-corrected chi connectivity index (χ2v) is 11.3. The Kier molecular flexibility index (Phi) is 5.57. The first-order chi connectivity index (χ1) is 17.1. The third-order valence-corrected chi connectivity index (χ3v) is 9.13. The van der Waals surface area contributed by atoms with Gasteiger partial charge in [-0.3, -0.25) is 4.79 Å². The van der Waals surface area contributed by atoms with E-state index in [1.54, 1.807) is 67.6 Å². The zero-order chi connectivity index (χ0) is 25.9. The number of benzene rings is 3. The number of hydrogen-bond acceptors (Lipinski definition) is 6. The van der Waals surface area contributed by atoms with Gasteiger partial charge in [0.05, 0.1) is 23.3 Å². The number of hydrogen-bond donors (Lipinski definition) is 1. The molecule has 0 radical (unpaired) electrons. The van der Waals surface area contributed by atoms with Crippen LogP contribution >= 0.6 is 0 Å². The highest BCUT2D eigenvalue weighted by molar-refractivity contribution is 7.93. The fourth-order valence-corrected chi connectivity index (χ4v) is 7.29. The lowest BCUT2D eigenvalue weighted by atomic mass is 9.78. The van der Waals surface area contributed by atoms with Crippen LogP contribution in [0.25, 0.3) is 0 Å². The van der Waals surface area contributed by atoms with Crippen LogP contribution in [0.5, 0.6) is 0 Å². The first kappa shape index (κ1) is 24.2. The molecule has 5 rings (SSSR count). The number of aryl methyl sites for hydroxylation is 2. The van der Waals surface area contributed by atoms with Gasteiger partial charge in [-0.25, -0.2) is 17.5 Å².